The Hall–Kier alpha value is -2.49. The molecule has 2 aromatic rings. The van der Waals surface area contributed by atoms with Crippen LogP contribution in [0.4, 0.5) is 0 Å². The molecule has 2 rings (SSSR count). The van der Waals surface area contributed by atoms with E-state index < -0.39 is 0 Å². The molecule has 0 aromatic heterocycles. The molecule has 164 valence electrons. The zero-order valence-electron chi connectivity index (χ0n) is 18.0. The number of hydrogen-bond acceptors (Lipinski definition) is 4. The quantitative estimate of drug-likeness (QED) is 0.266. The fourth-order valence-corrected chi connectivity index (χ4v) is 2.83. The number of guanidine groups is 1. The van der Waals surface area contributed by atoms with Crippen LogP contribution in [0.5, 0.6) is 11.5 Å². The van der Waals surface area contributed by atoms with Gasteiger partial charge in [-0.15, -0.1) is 24.0 Å². The highest BCUT2D eigenvalue weighted by Crippen LogP contribution is 2.25. The molecule has 0 aliphatic rings. The third-order valence-electron chi connectivity index (χ3n) is 4.37. The largest absolute Gasteiger partial charge is 0.497 e. The second-order valence-electron chi connectivity index (χ2n) is 6.33. The Bertz CT molecular complexity index is 843. The van der Waals surface area contributed by atoms with Crippen LogP contribution in [0.2, 0.25) is 0 Å². The Morgan fingerprint density at radius 1 is 1.07 bits per heavy atom. The Kier molecular flexibility index (Phi) is 11.7. The van der Waals surface area contributed by atoms with Crippen molar-refractivity contribution >= 4 is 35.8 Å². The smallest absolute Gasteiger partial charge is 0.251 e. The molecule has 0 atom stereocenters. The van der Waals surface area contributed by atoms with Crippen LogP contribution in [-0.4, -0.2) is 46.2 Å². The van der Waals surface area contributed by atoms with Crippen molar-refractivity contribution in [2.75, 3.05) is 34.4 Å². The van der Waals surface area contributed by atoms with Gasteiger partial charge < -0.3 is 25.4 Å². The van der Waals surface area contributed by atoms with Crippen LogP contribution >= 0.6 is 24.0 Å². The summed E-state index contributed by atoms with van der Waals surface area (Å²) in [7, 11) is 4.90. The minimum atomic E-state index is -0.0804. The highest BCUT2D eigenvalue weighted by molar-refractivity contribution is 14.0. The first-order valence-electron chi connectivity index (χ1n) is 9.65. The van der Waals surface area contributed by atoms with Crippen LogP contribution in [0.25, 0.3) is 0 Å². The number of nitrogens with one attached hydrogen (secondary N) is 3. The van der Waals surface area contributed by atoms with E-state index in [-0.39, 0.29) is 29.9 Å². The van der Waals surface area contributed by atoms with E-state index in [1.54, 1.807) is 21.3 Å². The molecule has 3 N–H and O–H groups in total. The van der Waals surface area contributed by atoms with Gasteiger partial charge in [-0.05, 0) is 43.2 Å². The molecule has 0 heterocycles. The summed E-state index contributed by atoms with van der Waals surface area (Å²) in [6.45, 7) is 3.97. The van der Waals surface area contributed by atoms with Crippen LogP contribution in [0, 0.1) is 0 Å². The topological polar surface area (TPSA) is 84.0 Å². The van der Waals surface area contributed by atoms with Crippen molar-refractivity contribution in [3.63, 3.8) is 0 Å². The molecule has 0 bridgehead atoms. The molecule has 0 aliphatic carbocycles. The molecule has 0 saturated heterocycles. The summed E-state index contributed by atoms with van der Waals surface area (Å²) in [5.41, 5.74) is 2.73. The second kappa shape index (κ2) is 13.7. The minimum absolute atomic E-state index is 0. The lowest BCUT2D eigenvalue weighted by Gasteiger charge is -2.13. The Labute approximate surface area is 195 Å². The monoisotopic (exact) mass is 526 g/mol. The third-order valence-corrected chi connectivity index (χ3v) is 4.37. The van der Waals surface area contributed by atoms with Gasteiger partial charge in [0.2, 0.25) is 0 Å². The molecule has 2 aromatic carbocycles. The average molecular weight is 526 g/mol. The molecule has 8 heteroatoms. The van der Waals surface area contributed by atoms with E-state index in [2.05, 4.69) is 20.9 Å². The number of nitrogens with zero attached hydrogens (tertiary/aromatic N) is 1. The number of halogens is 1. The van der Waals surface area contributed by atoms with Gasteiger partial charge in [-0.1, -0.05) is 12.1 Å². The highest BCUT2D eigenvalue weighted by Gasteiger charge is 2.06. The number of benzene rings is 2. The first-order chi connectivity index (χ1) is 14.1. The Morgan fingerprint density at radius 2 is 1.87 bits per heavy atom. The van der Waals surface area contributed by atoms with E-state index in [4.69, 9.17) is 9.47 Å². The SMILES string of the molecule is CCNC(=NCc1ccc(OC)cc1OC)NCCc1cccc(C(=O)NC)c1.I. The summed E-state index contributed by atoms with van der Waals surface area (Å²) in [5, 5.41) is 9.23. The minimum Gasteiger partial charge on any atom is -0.497 e. The van der Waals surface area contributed by atoms with Crippen molar-refractivity contribution in [1.29, 1.82) is 0 Å². The lowest BCUT2D eigenvalue weighted by Crippen LogP contribution is -2.38. The normalized spacial score (nSPS) is 10.6. The average Bonchev–Trinajstić information content (AvgIpc) is 2.76. The maximum Gasteiger partial charge on any atom is 0.251 e. The first kappa shape index (κ1) is 25.5. The summed E-state index contributed by atoms with van der Waals surface area (Å²) in [5.74, 6) is 2.14. The van der Waals surface area contributed by atoms with E-state index in [1.165, 1.54) is 0 Å². The van der Waals surface area contributed by atoms with Crippen molar-refractivity contribution in [1.82, 2.24) is 16.0 Å². The zero-order valence-corrected chi connectivity index (χ0v) is 20.3. The molecule has 0 unspecified atom stereocenters. The van der Waals surface area contributed by atoms with E-state index >= 15 is 0 Å². The molecule has 7 nitrogen and oxygen atoms in total. The summed E-state index contributed by atoms with van der Waals surface area (Å²) >= 11 is 0. The number of ether oxygens (including phenoxy) is 2. The van der Waals surface area contributed by atoms with Gasteiger partial charge in [0, 0.05) is 37.3 Å². The van der Waals surface area contributed by atoms with E-state index in [0.29, 0.717) is 18.7 Å². The summed E-state index contributed by atoms with van der Waals surface area (Å²) in [4.78, 5) is 16.4. The van der Waals surface area contributed by atoms with Crippen LogP contribution < -0.4 is 25.4 Å². The number of amides is 1. The fourth-order valence-electron chi connectivity index (χ4n) is 2.83. The first-order valence-corrected chi connectivity index (χ1v) is 9.65. The van der Waals surface area contributed by atoms with E-state index in [0.717, 1.165) is 41.6 Å². The van der Waals surface area contributed by atoms with Gasteiger partial charge in [0.05, 0.1) is 20.8 Å². The summed E-state index contributed by atoms with van der Waals surface area (Å²) < 4.78 is 10.7. The number of hydrogen-bond donors (Lipinski definition) is 3. The van der Waals surface area contributed by atoms with Crippen molar-refractivity contribution < 1.29 is 14.3 Å². The standard InChI is InChI=1S/C22H30N4O3.HI/c1-5-24-22(26-15-18-9-10-19(28-3)14-20(18)29-4)25-12-11-16-7-6-8-17(13-16)21(27)23-2;/h6-10,13-14H,5,11-12,15H2,1-4H3,(H,23,27)(H2,24,25,26);1H. The van der Waals surface area contributed by atoms with Crippen molar-refractivity contribution in [3.8, 4) is 11.5 Å². The zero-order chi connectivity index (χ0) is 21.1. The van der Waals surface area contributed by atoms with Gasteiger partial charge >= 0.3 is 0 Å². The molecule has 0 aliphatic heterocycles. The molecule has 0 fully saturated rings. The van der Waals surface area contributed by atoms with Crippen LogP contribution in [0.15, 0.2) is 47.5 Å². The van der Waals surface area contributed by atoms with Crippen molar-refractivity contribution in [3.05, 3.63) is 59.2 Å². The molecule has 0 spiro atoms. The molecule has 0 saturated carbocycles. The van der Waals surface area contributed by atoms with E-state index in [1.807, 2.05) is 49.4 Å². The number of methoxy groups -OCH3 is 2. The third kappa shape index (κ3) is 7.74. The molecular weight excluding hydrogens is 495 g/mol. The Morgan fingerprint density at radius 3 is 2.53 bits per heavy atom. The highest BCUT2D eigenvalue weighted by atomic mass is 127. The summed E-state index contributed by atoms with van der Waals surface area (Å²) in [6, 6.07) is 13.3. The van der Waals surface area contributed by atoms with Gasteiger partial charge in [0.15, 0.2) is 5.96 Å². The van der Waals surface area contributed by atoms with Crippen LogP contribution in [0.1, 0.15) is 28.4 Å². The fraction of sp³-hybridized carbons (Fsp3) is 0.364. The Balaban J connectivity index is 0.00000450. The summed E-state index contributed by atoms with van der Waals surface area (Å²) in [6.07, 6.45) is 0.779. The number of carbonyl (C=O) groups is 1. The van der Waals surface area contributed by atoms with Gasteiger partial charge in [-0.2, -0.15) is 0 Å². The van der Waals surface area contributed by atoms with Crippen molar-refractivity contribution in [2.45, 2.75) is 19.9 Å². The van der Waals surface area contributed by atoms with Gasteiger partial charge in [-0.25, -0.2) is 4.99 Å². The van der Waals surface area contributed by atoms with E-state index in [9.17, 15) is 4.79 Å². The molecular formula is C22H31IN4O3. The predicted octanol–water partition coefficient (Wildman–Crippen LogP) is 2.98. The lowest BCUT2D eigenvalue weighted by molar-refractivity contribution is 0.0963. The van der Waals surface area contributed by atoms with Gasteiger partial charge in [0.25, 0.3) is 5.91 Å². The predicted molar refractivity (Wildman–Crippen MR) is 131 cm³/mol. The molecule has 30 heavy (non-hydrogen) atoms. The van der Waals surface area contributed by atoms with Crippen LogP contribution in [0.3, 0.4) is 0 Å². The maximum atomic E-state index is 11.8. The number of aliphatic imine (C=N–C) groups is 1. The maximum absolute atomic E-state index is 11.8. The molecule has 0 radical (unpaired) electrons. The lowest BCUT2D eigenvalue weighted by atomic mass is 10.1. The second-order valence-corrected chi connectivity index (χ2v) is 6.33. The number of carbonyl (C=O) groups excluding carboxylic acids is 1. The van der Waals surface area contributed by atoms with Crippen LogP contribution in [-0.2, 0) is 13.0 Å². The van der Waals surface area contributed by atoms with Gasteiger partial charge in [-0.3, -0.25) is 4.79 Å². The van der Waals surface area contributed by atoms with Crippen molar-refractivity contribution in [2.24, 2.45) is 4.99 Å². The van der Waals surface area contributed by atoms with Gasteiger partial charge in [0.1, 0.15) is 11.5 Å². The number of rotatable bonds is 9. The molecule has 1 amide bonds.